The molecule has 11 heteroatoms. The fraction of sp³-hybridized carbons (Fsp3) is 0.385. The van der Waals surface area contributed by atoms with Crippen LogP contribution in [0.4, 0.5) is 30.4 Å². The molecule has 1 aromatic heterocycles. The number of benzene rings is 2. The fourth-order valence-corrected chi connectivity index (χ4v) is 4.86. The third-order valence-electron chi connectivity index (χ3n) is 6.46. The molecule has 2 heterocycles. The Morgan fingerprint density at radius 3 is 2.59 bits per heavy atom. The summed E-state index contributed by atoms with van der Waals surface area (Å²) in [5.41, 5.74) is 3.60. The molecular weight excluding hydrogens is 485 g/mol. The van der Waals surface area contributed by atoms with Crippen LogP contribution in [0.15, 0.2) is 29.3 Å². The van der Waals surface area contributed by atoms with Crippen molar-refractivity contribution in [2.24, 2.45) is 4.99 Å². The number of aliphatic imine (C=N–C) groups is 1. The summed E-state index contributed by atoms with van der Waals surface area (Å²) in [5.74, 6) is 0.622. The van der Waals surface area contributed by atoms with E-state index in [1.54, 1.807) is 13.8 Å². The molecule has 1 aliphatic heterocycles. The van der Waals surface area contributed by atoms with E-state index in [0.717, 1.165) is 53.5 Å². The highest BCUT2D eigenvalue weighted by Crippen LogP contribution is 2.39. The summed E-state index contributed by atoms with van der Waals surface area (Å²) in [5, 5.41) is 9.80. The molecule has 3 aromatic rings. The van der Waals surface area contributed by atoms with Gasteiger partial charge in [0.2, 0.25) is 5.91 Å². The molecule has 0 spiro atoms. The van der Waals surface area contributed by atoms with Crippen molar-refractivity contribution in [2.75, 3.05) is 29.1 Å². The Morgan fingerprint density at radius 1 is 1.11 bits per heavy atom. The van der Waals surface area contributed by atoms with Gasteiger partial charge in [-0.25, -0.2) is 15.0 Å². The number of anilines is 3. The van der Waals surface area contributed by atoms with Crippen LogP contribution in [0.1, 0.15) is 54.4 Å². The number of rotatable bonds is 5. The van der Waals surface area contributed by atoms with Crippen LogP contribution in [0.5, 0.6) is 0 Å². The molecule has 1 amide bonds. The van der Waals surface area contributed by atoms with Crippen LogP contribution in [-0.2, 0) is 28.5 Å². The molecule has 8 nitrogen and oxygen atoms in total. The van der Waals surface area contributed by atoms with Gasteiger partial charge in [0.05, 0.1) is 23.7 Å². The first-order chi connectivity index (χ1) is 17.6. The van der Waals surface area contributed by atoms with Crippen molar-refractivity contribution < 1.29 is 22.7 Å². The average molecular weight is 513 g/mol. The summed E-state index contributed by atoms with van der Waals surface area (Å²) in [7, 11) is 0. The number of alkyl halides is 3. The Bertz CT molecular complexity index is 1420. The Balaban J connectivity index is 1.56. The number of hydrogen-bond donors (Lipinski definition) is 3. The summed E-state index contributed by atoms with van der Waals surface area (Å²) < 4.78 is 46.3. The molecule has 0 saturated heterocycles. The minimum absolute atomic E-state index is 0.0799. The van der Waals surface area contributed by atoms with E-state index in [-0.39, 0.29) is 5.69 Å². The first-order valence-corrected chi connectivity index (χ1v) is 12.1. The Hall–Kier alpha value is -3.89. The maximum Gasteiger partial charge on any atom is 0.416 e. The van der Waals surface area contributed by atoms with Crippen LogP contribution < -0.4 is 16.0 Å². The SMILES string of the molecule is CC(=O)Nc1cc(C(C)Nc2nc(C)nc3c4c(c(NC5=NCCO5)cc23)CCC4)cc(C(F)(F)F)c1. The van der Waals surface area contributed by atoms with Crippen LogP contribution in [0.2, 0.25) is 0 Å². The van der Waals surface area contributed by atoms with E-state index in [1.807, 2.05) is 6.07 Å². The average Bonchev–Trinajstić information content (AvgIpc) is 3.51. The quantitative estimate of drug-likeness (QED) is 0.425. The first kappa shape index (κ1) is 24.8. The van der Waals surface area contributed by atoms with Crippen LogP contribution in [-0.4, -0.2) is 35.0 Å². The molecule has 5 rings (SSSR count). The summed E-state index contributed by atoms with van der Waals surface area (Å²) in [6.07, 6.45) is -1.80. The van der Waals surface area contributed by atoms with Crippen molar-refractivity contribution in [3.8, 4) is 0 Å². The molecule has 2 aromatic carbocycles. The molecule has 0 radical (unpaired) electrons. The number of aryl methyl sites for hydroxylation is 2. The lowest BCUT2D eigenvalue weighted by atomic mass is 10.0. The third kappa shape index (κ3) is 5.16. The van der Waals surface area contributed by atoms with Crippen LogP contribution in [0.25, 0.3) is 10.9 Å². The minimum atomic E-state index is -4.56. The molecule has 0 fully saturated rings. The molecule has 3 N–H and O–H groups in total. The maximum atomic E-state index is 13.6. The van der Waals surface area contributed by atoms with E-state index in [9.17, 15) is 18.0 Å². The van der Waals surface area contributed by atoms with Gasteiger partial charge in [-0.2, -0.15) is 13.2 Å². The molecule has 0 bridgehead atoms. The first-order valence-electron chi connectivity index (χ1n) is 12.1. The monoisotopic (exact) mass is 512 g/mol. The van der Waals surface area contributed by atoms with E-state index in [4.69, 9.17) is 9.72 Å². The molecule has 2 aliphatic rings. The molecule has 1 atom stereocenters. The largest absolute Gasteiger partial charge is 0.463 e. The maximum absolute atomic E-state index is 13.6. The Labute approximate surface area is 211 Å². The number of ether oxygens (including phenoxy) is 1. The highest BCUT2D eigenvalue weighted by Gasteiger charge is 2.32. The second kappa shape index (κ2) is 9.53. The van der Waals surface area contributed by atoms with Gasteiger partial charge in [0, 0.05) is 23.7 Å². The third-order valence-corrected chi connectivity index (χ3v) is 6.46. The summed E-state index contributed by atoms with van der Waals surface area (Å²) >= 11 is 0. The van der Waals surface area contributed by atoms with Gasteiger partial charge < -0.3 is 20.7 Å². The molecule has 1 aliphatic carbocycles. The lowest BCUT2D eigenvalue weighted by molar-refractivity contribution is -0.137. The number of hydrogen-bond acceptors (Lipinski definition) is 7. The minimum Gasteiger partial charge on any atom is -0.463 e. The zero-order valence-corrected chi connectivity index (χ0v) is 20.7. The van der Waals surface area contributed by atoms with Gasteiger partial charge in [-0.05, 0) is 74.1 Å². The molecule has 0 saturated carbocycles. The molecule has 1 unspecified atom stereocenters. The highest BCUT2D eigenvalue weighted by molar-refractivity contribution is 6.00. The van der Waals surface area contributed by atoms with Crippen LogP contribution in [0, 0.1) is 6.92 Å². The van der Waals surface area contributed by atoms with Crippen molar-refractivity contribution in [3.63, 3.8) is 0 Å². The van der Waals surface area contributed by atoms with Crippen molar-refractivity contribution in [2.45, 2.75) is 52.3 Å². The van der Waals surface area contributed by atoms with E-state index >= 15 is 0 Å². The number of amidine groups is 1. The molecule has 194 valence electrons. The lowest BCUT2D eigenvalue weighted by Gasteiger charge is -2.21. The number of fused-ring (bicyclic) bond motifs is 3. The number of nitrogens with one attached hydrogen (secondary N) is 3. The van der Waals surface area contributed by atoms with Crippen molar-refractivity contribution in [1.29, 1.82) is 0 Å². The van der Waals surface area contributed by atoms with Gasteiger partial charge in [-0.3, -0.25) is 4.79 Å². The number of carbonyl (C=O) groups excluding carboxylic acids is 1. The standard InChI is InChI=1S/C26H27F3N6O2/c1-13(16-9-17(26(27,28)29)11-18(10-16)34-15(3)36)31-24-21-12-22(35-25-30-7-8-37-25)19-5-4-6-20(19)23(21)32-14(2)33-24/h9-13H,4-8H2,1-3H3,(H,30,35)(H,34,36)(H,31,32,33). The van der Waals surface area contributed by atoms with E-state index < -0.39 is 23.7 Å². The zero-order valence-electron chi connectivity index (χ0n) is 20.7. The van der Waals surface area contributed by atoms with E-state index in [2.05, 4.69) is 25.9 Å². The van der Waals surface area contributed by atoms with Gasteiger partial charge in [0.25, 0.3) is 6.02 Å². The van der Waals surface area contributed by atoms with Gasteiger partial charge in [-0.1, -0.05) is 0 Å². The fourth-order valence-electron chi connectivity index (χ4n) is 4.86. The smallest absolute Gasteiger partial charge is 0.416 e. The van der Waals surface area contributed by atoms with Crippen molar-refractivity contribution in [1.82, 2.24) is 9.97 Å². The predicted molar refractivity (Wildman–Crippen MR) is 136 cm³/mol. The van der Waals surface area contributed by atoms with Gasteiger partial charge in [0.1, 0.15) is 18.2 Å². The van der Waals surface area contributed by atoms with Crippen molar-refractivity contribution >= 4 is 40.0 Å². The van der Waals surface area contributed by atoms with Crippen molar-refractivity contribution in [3.05, 3.63) is 52.3 Å². The van der Waals surface area contributed by atoms with Crippen LogP contribution >= 0.6 is 0 Å². The summed E-state index contributed by atoms with van der Waals surface area (Å²) in [6, 6.07) is 5.41. The lowest BCUT2D eigenvalue weighted by Crippen LogP contribution is -2.15. The molecule has 37 heavy (non-hydrogen) atoms. The van der Waals surface area contributed by atoms with Gasteiger partial charge in [0.15, 0.2) is 0 Å². The number of carbonyl (C=O) groups is 1. The number of halogens is 3. The highest BCUT2D eigenvalue weighted by atomic mass is 19.4. The van der Waals surface area contributed by atoms with Crippen LogP contribution in [0.3, 0.4) is 0 Å². The number of aromatic nitrogens is 2. The van der Waals surface area contributed by atoms with E-state index in [1.165, 1.54) is 18.6 Å². The number of nitrogens with zero attached hydrogens (tertiary/aromatic N) is 3. The summed E-state index contributed by atoms with van der Waals surface area (Å²) in [4.78, 5) is 25.2. The van der Waals surface area contributed by atoms with Gasteiger partial charge >= 0.3 is 6.18 Å². The Kier molecular flexibility index (Phi) is 6.38. The topological polar surface area (TPSA) is 101 Å². The number of amides is 1. The molecular formula is C26H27F3N6O2. The summed E-state index contributed by atoms with van der Waals surface area (Å²) in [6.45, 7) is 5.93. The predicted octanol–water partition coefficient (Wildman–Crippen LogP) is 5.38. The van der Waals surface area contributed by atoms with E-state index in [0.29, 0.717) is 36.4 Å². The Morgan fingerprint density at radius 2 is 1.89 bits per heavy atom. The second-order valence-corrected chi connectivity index (χ2v) is 9.30. The zero-order chi connectivity index (χ0) is 26.3. The van der Waals surface area contributed by atoms with Gasteiger partial charge in [-0.15, -0.1) is 0 Å². The normalized spacial score (nSPS) is 15.7. The second-order valence-electron chi connectivity index (χ2n) is 9.30.